The van der Waals surface area contributed by atoms with Gasteiger partial charge in [-0.25, -0.2) is 4.68 Å². The lowest BCUT2D eigenvalue weighted by atomic mass is 10.1. The van der Waals surface area contributed by atoms with Gasteiger partial charge < -0.3 is 10.1 Å². The summed E-state index contributed by atoms with van der Waals surface area (Å²) in [6.45, 7) is 1.32. The van der Waals surface area contributed by atoms with Crippen molar-refractivity contribution in [2.75, 3.05) is 6.26 Å². The normalized spacial score (nSPS) is 12.6. The summed E-state index contributed by atoms with van der Waals surface area (Å²) in [4.78, 5) is 25.8. The molecule has 1 heterocycles. The maximum atomic E-state index is 12.6. The fourth-order valence-electron chi connectivity index (χ4n) is 2.81. The minimum atomic E-state index is -4.77. The Hall–Kier alpha value is -3.08. The van der Waals surface area contributed by atoms with Gasteiger partial charge >= 0.3 is 6.36 Å². The highest BCUT2D eigenvalue weighted by Gasteiger charge is 2.31. The Morgan fingerprint density at radius 3 is 2.57 bits per heavy atom. The molecular weight excluding hydrogens is 421 g/mol. The molecule has 1 atom stereocenters. The molecule has 0 aliphatic rings. The molecule has 11 heteroatoms. The first-order valence-corrected chi connectivity index (χ1v) is 9.96. The first kappa shape index (κ1) is 21.6. The predicted octanol–water partition coefficient (Wildman–Crippen LogP) is 3.29. The number of hydrogen-bond donors (Lipinski definition) is 1. The van der Waals surface area contributed by atoms with Crippen molar-refractivity contribution in [3.05, 3.63) is 58.4 Å². The number of halogens is 3. The summed E-state index contributed by atoms with van der Waals surface area (Å²) in [6.07, 6.45) is -2.91. The van der Waals surface area contributed by atoms with Gasteiger partial charge in [0.2, 0.25) is 5.91 Å². The smallest absolute Gasteiger partial charge is 0.406 e. The Morgan fingerprint density at radius 2 is 1.93 bits per heavy atom. The Kier molecular flexibility index (Phi) is 6.30. The number of fused-ring (bicyclic) bond motifs is 1. The van der Waals surface area contributed by atoms with Crippen LogP contribution >= 0.6 is 11.8 Å². The van der Waals surface area contributed by atoms with Crippen molar-refractivity contribution in [3.8, 4) is 5.75 Å². The molecule has 0 saturated carbocycles. The lowest BCUT2D eigenvalue weighted by Crippen LogP contribution is -2.35. The summed E-state index contributed by atoms with van der Waals surface area (Å²) in [5.74, 6) is -0.845. The molecule has 1 aromatic heterocycles. The second-order valence-electron chi connectivity index (χ2n) is 6.31. The van der Waals surface area contributed by atoms with Gasteiger partial charge in [0, 0.05) is 4.90 Å². The van der Waals surface area contributed by atoms with Crippen molar-refractivity contribution in [1.82, 2.24) is 20.3 Å². The standard InChI is InChI=1S/C19H17F3N4O3S/c1-11(12-6-8-13(9-7-12)29-19(20,21)22)23-16(27)10-26-18(28)14-4-3-5-15(30-2)17(14)24-25-26/h3-9,11H,10H2,1-2H3,(H,23,27)/t11-/m0/s1. The summed E-state index contributed by atoms with van der Waals surface area (Å²) in [5.41, 5.74) is 0.605. The van der Waals surface area contributed by atoms with Crippen molar-refractivity contribution in [2.45, 2.75) is 30.8 Å². The van der Waals surface area contributed by atoms with E-state index in [1.165, 1.54) is 23.9 Å². The molecule has 7 nitrogen and oxygen atoms in total. The molecule has 0 unspecified atom stereocenters. The predicted molar refractivity (Wildman–Crippen MR) is 105 cm³/mol. The van der Waals surface area contributed by atoms with Gasteiger partial charge in [0.05, 0.1) is 11.4 Å². The third kappa shape index (κ3) is 5.09. The summed E-state index contributed by atoms with van der Waals surface area (Å²) >= 11 is 1.44. The van der Waals surface area contributed by atoms with Crippen LogP contribution in [0.5, 0.6) is 5.75 Å². The maximum absolute atomic E-state index is 12.6. The Balaban J connectivity index is 1.69. The number of rotatable bonds is 6. The average molecular weight is 438 g/mol. The number of nitrogens with zero attached hydrogens (tertiary/aromatic N) is 3. The molecule has 158 valence electrons. The summed E-state index contributed by atoms with van der Waals surface area (Å²) in [5, 5.41) is 10.9. The van der Waals surface area contributed by atoms with E-state index in [2.05, 4.69) is 20.4 Å². The zero-order valence-corrected chi connectivity index (χ0v) is 16.8. The molecule has 30 heavy (non-hydrogen) atoms. The van der Waals surface area contributed by atoms with Crippen LogP contribution in [0.4, 0.5) is 13.2 Å². The number of amides is 1. The first-order valence-electron chi connectivity index (χ1n) is 8.73. The number of carbonyl (C=O) groups is 1. The monoisotopic (exact) mass is 438 g/mol. The molecule has 2 aromatic carbocycles. The average Bonchev–Trinajstić information content (AvgIpc) is 2.69. The van der Waals surface area contributed by atoms with E-state index in [0.717, 1.165) is 21.7 Å². The van der Waals surface area contributed by atoms with Crippen LogP contribution in [0.3, 0.4) is 0 Å². The molecule has 0 spiro atoms. The van der Waals surface area contributed by atoms with Gasteiger partial charge in [-0.1, -0.05) is 23.4 Å². The third-order valence-corrected chi connectivity index (χ3v) is 4.99. The third-order valence-electron chi connectivity index (χ3n) is 4.22. The van der Waals surface area contributed by atoms with Gasteiger partial charge in [0.25, 0.3) is 5.56 Å². The van der Waals surface area contributed by atoms with Crippen LogP contribution in [0.2, 0.25) is 0 Å². The molecule has 1 amide bonds. The van der Waals surface area contributed by atoms with Gasteiger partial charge in [-0.05, 0) is 43.0 Å². The number of nitrogens with one attached hydrogen (secondary N) is 1. The van der Waals surface area contributed by atoms with Crippen LogP contribution in [0, 0.1) is 0 Å². The lowest BCUT2D eigenvalue weighted by molar-refractivity contribution is -0.274. The summed E-state index contributed by atoms with van der Waals surface area (Å²) in [6, 6.07) is 9.82. The van der Waals surface area contributed by atoms with Crippen molar-refractivity contribution in [3.63, 3.8) is 0 Å². The quantitative estimate of drug-likeness (QED) is 0.595. The molecular formula is C19H17F3N4O3S. The molecule has 3 rings (SSSR count). The highest BCUT2D eigenvalue weighted by Crippen LogP contribution is 2.24. The van der Waals surface area contributed by atoms with Crippen molar-refractivity contribution < 1.29 is 22.7 Å². The van der Waals surface area contributed by atoms with E-state index in [9.17, 15) is 22.8 Å². The SMILES string of the molecule is CSc1cccc2c(=O)n(CC(=O)N[C@@H](C)c3ccc(OC(F)(F)F)cc3)nnc12. The van der Waals surface area contributed by atoms with E-state index >= 15 is 0 Å². The molecule has 0 radical (unpaired) electrons. The summed E-state index contributed by atoms with van der Waals surface area (Å²) in [7, 11) is 0. The second kappa shape index (κ2) is 8.74. The van der Waals surface area contributed by atoms with Gasteiger partial charge in [0.15, 0.2) is 0 Å². The number of ether oxygens (including phenoxy) is 1. The number of alkyl halides is 3. The zero-order chi connectivity index (χ0) is 21.9. The highest BCUT2D eigenvalue weighted by molar-refractivity contribution is 7.98. The largest absolute Gasteiger partial charge is 0.573 e. The molecule has 0 bridgehead atoms. The van der Waals surface area contributed by atoms with E-state index in [4.69, 9.17) is 0 Å². The maximum Gasteiger partial charge on any atom is 0.573 e. The van der Waals surface area contributed by atoms with Crippen LogP contribution in [-0.2, 0) is 11.3 Å². The van der Waals surface area contributed by atoms with Crippen LogP contribution in [0.25, 0.3) is 10.9 Å². The van der Waals surface area contributed by atoms with E-state index in [0.29, 0.717) is 16.5 Å². The van der Waals surface area contributed by atoms with Gasteiger partial charge in [0.1, 0.15) is 17.8 Å². The molecule has 1 N–H and O–H groups in total. The number of benzene rings is 2. The van der Waals surface area contributed by atoms with E-state index in [-0.39, 0.29) is 12.3 Å². The van der Waals surface area contributed by atoms with Gasteiger partial charge in [-0.3, -0.25) is 9.59 Å². The lowest BCUT2D eigenvalue weighted by Gasteiger charge is -2.15. The highest BCUT2D eigenvalue weighted by atomic mass is 32.2. The van der Waals surface area contributed by atoms with Crippen LogP contribution in [0.1, 0.15) is 18.5 Å². The van der Waals surface area contributed by atoms with Crippen LogP contribution < -0.4 is 15.6 Å². The van der Waals surface area contributed by atoms with Gasteiger partial charge in [-0.15, -0.1) is 30.0 Å². The first-order chi connectivity index (χ1) is 14.2. The topological polar surface area (TPSA) is 86.1 Å². The Bertz CT molecular complexity index is 1120. The van der Waals surface area contributed by atoms with E-state index in [1.54, 1.807) is 19.1 Å². The van der Waals surface area contributed by atoms with Crippen molar-refractivity contribution in [2.24, 2.45) is 0 Å². The fraction of sp³-hybridized carbons (Fsp3) is 0.263. The number of hydrogen-bond acceptors (Lipinski definition) is 6. The molecule has 0 fully saturated rings. The van der Waals surface area contributed by atoms with Crippen LogP contribution in [0.15, 0.2) is 52.2 Å². The van der Waals surface area contributed by atoms with E-state index in [1.807, 2.05) is 12.3 Å². The second-order valence-corrected chi connectivity index (χ2v) is 7.16. The Morgan fingerprint density at radius 1 is 1.23 bits per heavy atom. The number of carbonyl (C=O) groups excluding carboxylic acids is 1. The molecule has 0 saturated heterocycles. The van der Waals surface area contributed by atoms with Crippen molar-refractivity contribution >= 4 is 28.6 Å². The number of thioether (sulfide) groups is 1. The fourth-order valence-corrected chi connectivity index (χ4v) is 3.37. The molecule has 0 aliphatic heterocycles. The Labute approximate surface area is 173 Å². The van der Waals surface area contributed by atoms with Crippen LogP contribution in [-0.4, -0.2) is 33.5 Å². The van der Waals surface area contributed by atoms with E-state index < -0.39 is 23.9 Å². The summed E-state index contributed by atoms with van der Waals surface area (Å²) < 4.78 is 41.5. The minimum absolute atomic E-state index is 0.342. The minimum Gasteiger partial charge on any atom is -0.406 e. The molecule has 0 aliphatic carbocycles. The van der Waals surface area contributed by atoms with Gasteiger partial charge in [-0.2, -0.15) is 0 Å². The van der Waals surface area contributed by atoms with Crippen molar-refractivity contribution in [1.29, 1.82) is 0 Å². The zero-order valence-electron chi connectivity index (χ0n) is 15.9. The molecule has 3 aromatic rings. The number of aromatic nitrogens is 3.